The standard InChI is InChI=1S/C23H25N3O3/c1-14-23(18-9-17(29-2)6-7-19(18)24-14)21(27)13-25-10-15-8-16(12-25)20-4-3-5-22(28)26(20)11-15/h3-7,9,15-16,24H,8,10-13H2,1-2H3/t15-,16+/m0/s1. The molecule has 29 heavy (non-hydrogen) atoms. The quantitative estimate of drug-likeness (QED) is 0.695. The summed E-state index contributed by atoms with van der Waals surface area (Å²) in [6, 6.07) is 11.3. The number of carbonyl (C=O) groups excluding carboxylic acids is 1. The fourth-order valence-electron chi connectivity index (χ4n) is 5.20. The maximum absolute atomic E-state index is 13.3. The fraction of sp³-hybridized carbons (Fsp3) is 0.391. The third kappa shape index (κ3) is 3.08. The Morgan fingerprint density at radius 1 is 1.21 bits per heavy atom. The van der Waals surface area contributed by atoms with E-state index in [1.807, 2.05) is 35.8 Å². The number of benzene rings is 1. The minimum Gasteiger partial charge on any atom is -0.497 e. The summed E-state index contributed by atoms with van der Waals surface area (Å²) in [5.74, 6) is 1.61. The van der Waals surface area contributed by atoms with Crippen LogP contribution in [0.1, 0.15) is 34.1 Å². The van der Waals surface area contributed by atoms with Crippen molar-refractivity contribution in [2.45, 2.75) is 25.8 Å². The number of ketones is 1. The van der Waals surface area contributed by atoms with Gasteiger partial charge in [-0.25, -0.2) is 0 Å². The predicted molar refractivity (Wildman–Crippen MR) is 112 cm³/mol. The lowest BCUT2D eigenvalue weighted by molar-refractivity contribution is 0.0818. The van der Waals surface area contributed by atoms with Gasteiger partial charge in [-0.15, -0.1) is 0 Å². The molecule has 150 valence electrons. The van der Waals surface area contributed by atoms with E-state index in [4.69, 9.17) is 4.74 Å². The number of piperidine rings is 1. The molecule has 0 spiro atoms. The molecule has 2 aliphatic heterocycles. The predicted octanol–water partition coefficient (Wildman–Crippen LogP) is 2.95. The van der Waals surface area contributed by atoms with Crippen molar-refractivity contribution in [3.05, 3.63) is 63.7 Å². The first kappa shape index (κ1) is 18.2. The van der Waals surface area contributed by atoms with Gasteiger partial charge in [0.05, 0.1) is 13.7 Å². The smallest absolute Gasteiger partial charge is 0.250 e. The molecule has 1 N–H and O–H groups in total. The molecule has 5 rings (SSSR count). The lowest BCUT2D eigenvalue weighted by Gasteiger charge is -2.42. The van der Waals surface area contributed by atoms with E-state index in [0.717, 1.165) is 59.7 Å². The van der Waals surface area contributed by atoms with E-state index in [9.17, 15) is 9.59 Å². The van der Waals surface area contributed by atoms with Gasteiger partial charge in [0.15, 0.2) is 5.78 Å². The van der Waals surface area contributed by atoms with Crippen LogP contribution >= 0.6 is 0 Å². The number of H-pyrrole nitrogens is 1. The number of carbonyl (C=O) groups is 1. The van der Waals surface area contributed by atoms with E-state index in [0.29, 0.717) is 18.4 Å². The van der Waals surface area contributed by atoms with Crippen molar-refractivity contribution in [1.82, 2.24) is 14.5 Å². The molecule has 0 unspecified atom stereocenters. The highest BCUT2D eigenvalue weighted by molar-refractivity contribution is 6.10. The molecule has 0 saturated carbocycles. The number of hydrogen-bond donors (Lipinski definition) is 1. The molecule has 1 fully saturated rings. The summed E-state index contributed by atoms with van der Waals surface area (Å²) in [5.41, 5.74) is 3.80. The number of rotatable bonds is 4. The van der Waals surface area contributed by atoms with Crippen LogP contribution in [0.15, 0.2) is 41.2 Å². The molecular formula is C23H25N3O3. The van der Waals surface area contributed by atoms with Crippen LogP contribution in [-0.2, 0) is 6.54 Å². The highest BCUT2D eigenvalue weighted by atomic mass is 16.5. The monoisotopic (exact) mass is 391 g/mol. The summed E-state index contributed by atoms with van der Waals surface area (Å²) >= 11 is 0. The molecular weight excluding hydrogens is 366 g/mol. The van der Waals surface area contributed by atoms with Gasteiger partial charge in [0, 0.05) is 59.5 Å². The maximum atomic E-state index is 13.3. The fourth-order valence-corrected chi connectivity index (χ4v) is 5.20. The first-order chi connectivity index (χ1) is 14.0. The lowest BCUT2D eigenvalue weighted by atomic mass is 9.83. The van der Waals surface area contributed by atoms with E-state index in [2.05, 4.69) is 16.0 Å². The van der Waals surface area contributed by atoms with Crippen molar-refractivity contribution in [2.24, 2.45) is 5.92 Å². The van der Waals surface area contributed by atoms with Crippen LogP contribution in [0.3, 0.4) is 0 Å². The first-order valence-electron chi connectivity index (χ1n) is 10.1. The number of aryl methyl sites for hydroxylation is 1. The molecule has 1 saturated heterocycles. The zero-order valence-corrected chi connectivity index (χ0v) is 16.8. The van der Waals surface area contributed by atoms with Gasteiger partial charge in [0.25, 0.3) is 5.56 Å². The van der Waals surface area contributed by atoms with Gasteiger partial charge in [0.2, 0.25) is 0 Å². The number of aromatic nitrogens is 2. The summed E-state index contributed by atoms with van der Waals surface area (Å²) in [6.45, 7) is 4.77. The average Bonchev–Trinajstić information content (AvgIpc) is 3.03. The molecule has 2 aromatic heterocycles. The highest BCUT2D eigenvalue weighted by Gasteiger charge is 2.35. The minimum absolute atomic E-state index is 0.0880. The van der Waals surface area contributed by atoms with Gasteiger partial charge in [0.1, 0.15) is 5.75 Å². The number of nitrogens with one attached hydrogen (secondary N) is 1. The van der Waals surface area contributed by atoms with Gasteiger partial charge in [-0.05, 0) is 43.5 Å². The third-order valence-electron chi connectivity index (χ3n) is 6.39. The van der Waals surface area contributed by atoms with Gasteiger partial charge in [-0.2, -0.15) is 0 Å². The maximum Gasteiger partial charge on any atom is 0.250 e. The Morgan fingerprint density at radius 2 is 2.07 bits per heavy atom. The molecule has 2 bridgehead atoms. The molecule has 2 atom stereocenters. The van der Waals surface area contributed by atoms with Crippen molar-refractivity contribution in [2.75, 3.05) is 26.7 Å². The van der Waals surface area contributed by atoms with E-state index in [1.54, 1.807) is 13.2 Å². The van der Waals surface area contributed by atoms with E-state index < -0.39 is 0 Å². The second kappa shape index (κ2) is 6.88. The number of fused-ring (bicyclic) bond motifs is 5. The molecule has 2 aliphatic rings. The third-order valence-corrected chi connectivity index (χ3v) is 6.39. The summed E-state index contributed by atoms with van der Waals surface area (Å²) in [6.07, 6.45) is 1.09. The van der Waals surface area contributed by atoms with E-state index >= 15 is 0 Å². The highest BCUT2D eigenvalue weighted by Crippen LogP contribution is 2.35. The molecule has 0 aliphatic carbocycles. The van der Waals surface area contributed by atoms with Crippen LogP contribution in [0.2, 0.25) is 0 Å². The Hall–Kier alpha value is -2.86. The molecule has 1 aromatic carbocycles. The average molecular weight is 391 g/mol. The van der Waals surface area contributed by atoms with Crippen LogP contribution in [0.4, 0.5) is 0 Å². The topological polar surface area (TPSA) is 67.3 Å². The van der Waals surface area contributed by atoms with Crippen LogP contribution < -0.4 is 10.3 Å². The number of Topliss-reactive ketones (excluding diaryl/α,β-unsaturated/α-hetero) is 1. The molecule has 4 heterocycles. The Balaban J connectivity index is 1.41. The number of likely N-dealkylation sites (tertiary alicyclic amines) is 1. The van der Waals surface area contributed by atoms with Crippen molar-refractivity contribution in [3.8, 4) is 5.75 Å². The van der Waals surface area contributed by atoms with Gasteiger partial charge in [-0.3, -0.25) is 14.5 Å². The normalized spacial score (nSPS) is 21.2. The summed E-state index contributed by atoms with van der Waals surface area (Å²) < 4.78 is 7.27. The second-order valence-electron chi connectivity index (χ2n) is 8.35. The van der Waals surface area contributed by atoms with Crippen LogP contribution in [-0.4, -0.2) is 47.0 Å². The Bertz CT molecular complexity index is 1160. The SMILES string of the molecule is COc1ccc2[nH]c(C)c(C(=O)CN3C[C@@H]4C[C@H](C3)c3cccc(=O)n3C4)c2c1. The largest absolute Gasteiger partial charge is 0.497 e. The van der Waals surface area contributed by atoms with E-state index in [-0.39, 0.29) is 11.3 Å². The van der Waals surface area contributed by atoms with Gasteiger partial charge < -0.3 is 14.3 Å². The molecule has 0 radical (unpaired) electrons. The number of aromatic amines is 1. The summed E-state index contributed by atoms with van der Waals surface area (Å²) in [4.78, 5) is 31.1. The molecule has 0 amide bonds. The van der Waals surface area contributed by atoms with Crippen molar-refractivity contribution in [3.63, 3.8) is 0 Å². The number of hydrogen-bond acceptors (Lipinski definition) is 4. The van der Waals surface area contributed by atoms with E-state index in [1.165, 1.54) is 0 Å². The lowest BCUT2D eigenvalue weighted by Crippen LogP contribution is -2.48. The van der Waals surface area contributed by atoms with Crippen molar-refractivity contribution in [1.29, 1.82) is 0 Å². The number of pyridine rings is 1. The van der Waals surface area contributed by atoms with Crippen molar-refractivity contribution < 1.29 is 9.53 Å². The Morgan fingerprint density at radius 3 is 2.90 bits per heavy atom. The second-order valence-corrected chi connectivity index (χ2v) is 8.35. The molecule has 6 nitrogen and oxygen atoms in total. The van der Waals surface area contributed by atoms with Gasteiger partial charge >= 0.3 is 0 Å². The van der Waals surface area contributed by atoms with Crippen LogP contribution in [0.25, 0.3) is 10.9 Å². The number of nitrogens with zero attached hydrogens (tertiary/aromatic N) is 2. The minimum atomic E-state index is 0.0880. The van der Waals surface area contributed by atoms with Crippen LogP contribution in [0, 0.1) is 12.8 Å². The van der Waals surface area contributed by atoms with Crippen LogP contribution in [0.5, 0.6) is 5.75 Å². The Kier molecular flexibility index (Phi) is 4.32. The summed E-state index contributed by atoms with van der Waals surface area (Å²) in [5, 5.41) is 0.918. The number of ether oxygens (including phenoxy) is 1. The Labute approximate surface area is 169 Å². The zero-order chi connectivity index (χ0) is 20.1. The zero-order valence-electron chi connectivity index (χ0n) is 16.8. The van der Waals surface area contributed by atoms with Crippen molar-refractivity contribution >= 4 is 16.7 Å². The summed E-state index contributed by atoms with van der Waals surface area (Å²) in [7, 11) is 1.64. The van der Waals surface area contributed by atoms with Gasteiger partial charge in [-0.1, -0.05) is 6.07 Å². The molecule has 3 aromatic rings. The number of methoxy groups -OCH3 is 1. The first-order valence-corrected chi connectivity index (χ1v) is 10.1. The molecule has 6 heteroatoms.